The van der Waals surface area contributed by atoms with E-state index in [1.807, 2.05) is 19.1 Å². The molecule has 0 radical (unpaired) electrons. The summed E-state index contributed by atoms with van der Waals surface area (Å²) < 4.78 is 13.6. The number of benzene rings is 3. The van der Waals surface area contributed by atoms with E-state index in [1.165, 1.54) is 12.1 Å². The number of nitrogens with one attached hydrogen (secondary N) is 3. The smallest absolute Gasteiger partial charge is 0.207 e. The average molecular weight is 501 g/mol. The van der Waals surface area contributed by atoms with Crippen LogP contribution < -0.4 is 16.4 Å². The summed E-state index contributed by atoms with van der Waals surface area (Å²) in [5, 5.41) is 15.0. The molecule has 5 N–H and O–H groups in total. The second kappa shape index (κ2) is 11.5. The van der Waals surface area contributed by atoms with E-state index < -0.39 is 5.41 Å². The van der Waals surface area contributed by atoms with E-state index in [2.05, 4.69) is 34.9 Å². The lowest BCUT2D eigenvalue weighted by Gasteiger charge is -2.39. The maximum atomic E-state index is 13.6. The van der Waals surface area contributed by atoms with Crippen LogP contribution in [0.5, 0.6) is 0 Å². The second-order valence-corrected chi connectivity index (χ2v) is 9.85. The monoisotopic (exact) mass is 500 g/mol. The van der Waals surface area contributed by atoms with Crippen molar-refractivity contribution in [2.75, 3.05) is 0 Å². The Morgan fingerprint density at radius 1 is 0.919 bits per heavy atom. The highest BCUT2D eigenvalue weighted by atomic mass is 19.1. The van der Waals surface area contributed by atoms with Crippen LogP contribution >= 0.6 is 0 Å². The van der Waals surface area contributed by atoms with Crippen LogP contribution in [-0.4, -0.2) is 24.6 Å². The highest BCUT2D eigenvalue weighted by Crippen LogP contribution is 2.45. The van der Waals surface area contributed by atoms with Crippen molar-refractivity contribution in [1.29, 1.82) is 5.41 Å². The molecule has 0 saturated heterocycles. The fourth-order valence-electron chi connectivity index (χ4n) is 5.60. The van der Waals surface area contributed by atoms with Gasteiger partial charge < -0.3 is 21.8 Å². The maximum Gasteiger partial charge on any atom is 0.207 e. The lowest BCUT2D eigenvalue weighted by Crippen LogP contribution is -2.43. The molecule has 0 fully saturated rings. The molecule has 0 saturated carbocycles. The molecule has 0 bridgehead atoms. The van der Waals surface area contributed by atoms with E-state index >= 15 is 0 Å². The van der Waals surface area contributed by atoms with Gasteiger partial charge in [0.25, 0.3) is 0 Å². The zero-order valence-corrected chi connectivity index (χ0v) is 21.0. The molecule has 0 spiro atoms. The predicted molar refractivity (Wildman–Crippen MR) is 143 cm³/mol. The first kappa shape index (κ1) is 26.2. The number of amides is 2. The van der Waals surface area contributed by atoms with Crippen molar-refractivity contribution in [3.05, 3.63) is 105 Å². The number of nitrogens with two attached hydrogens (primary N) is 1. The Kier molecular flexibility index (Phi) is 8.14. The van der Waals surface area contributed by atoms with E-state index in [0.717, 1.165) is 51.8 Å². The molecular weight excluding hydrogens is 467 g/mol. The predicted octanol–water partition coefficient (Wildman–Crippen LogP) is 3.70. The second-order valence-electron chi connectivity index (χ2n) is 9.85. The average Bonchev–Trinajstić information content (AvgIpc) is 3.02. The van der Waals surface area contributed by atoms with Crippen LogP contribution in [0.1, 0.15) is 52.3 Å². The third-order valence-corrected chi connectivity index (χ3v) is 7.14. The molecule has 1 aliphatic carbocycles. The lowest BCUT2D eigenvalue weighted by atomic mass is 9.64. The molecule has 0 unspecified atom stereocenters. The minimum absolute atomic E-state index is 0.194. The van der Waals surface area contributed by atoms with Gasteiger partial charge in [0.15, 0.2) is 0 Å². The van der Waals surface area contributed by atoms with Gasteiger partial charge in [-0.2, -0.15) is 0 Å². The standard InChI is InChI=1S/C30H33FN4O2/c1-20(32)15-30(29(33)14-21-2-8-26(31)9-3-21)27-10-4-22(16-34-18-36)12-24(27)6-7-25-13-23(17-35-19-37)5-11-28(25)30/h2-5,8-13,18-20,33H,6-7,14-17,32H2,1H3,(H,34,36)(H,35,37)/t20-/m0/s1. The first-order chi connectivity index (χ1) is 17.9. The Morgan fingerprint density at radius 2 is 1.41 bits per heavy atom. The lowest BCUT2D eigenvalue weighted by molar-refractivity contribution is -0.110. The van der Waals surface area contributed by atoms with Gasteiger partial charge in [-0.15, -0.1) is 0 Å². The first-order valence-electron chi connectivity index (χ1n) is 12.5. The van der Waals surface area contributed by atoms with Crippen molar-refractivity contribution in [2.24, 2.45) is 5.73 Å². The molecule has 0 heterocycles. The van der Waals surface area contributed by atoms with Crippen LogP contribution in [0.4, 0.5) is 4.39 Å². The van der Waals surface area contributed by atoms with Gasteiger partial charge >= 0.3 is 0 Å². The van der Waals surface area contributed by atoms with Crippen molar-refractivity contribution < 1.29 is 14.0 Å². The van der Waals surface area contributed by atoms with E-state index in [4.69, 9.17) is 5.73 Å². The largest absolute Gasteiger partial charge is 0.355 e. The number of hydrogen-bond acceptors (Lipinski definition) is 4. The molecule has 0 aromatic heterocycles. The van der Waals surface area contributed by atoms with Crippen LogP contribution in [0, 0.1) is 11.2 Å². The fraction of sp³-hybridized carbons (Fsp3) is 0.300. The number of hydrogen-bond donors (Lipinski definition) is 4. The summed E-state index contributed by atoms with van der Waals surface area (Å²) in [5.41, 5.74) is 13.4. The third kappa shape index (κ3) is 5.62. The minimum Gasteiger partial charge on any atom is -0.355 e. The molecule has 3 aromatic rings. The molecule has 1 aliphatic rings. The van der Waals surface area contributed by atoms with E-state index in [9.17, 15) is 19.4 Å². The number of carbonyl (C=O) groups excluding carboxylic acids is 2. The summed E-state index contributed by atoms with van der Waals surface area (Å²) in [7, 11) is 0. The zero-order valence-electron chi connectivity index (χ0n) is 21.0. The molecule has 4 rings (SSSR count). The Balaban J connectivity index is 1.90. The van der Waals surface area contributed by atoms with Gasteiger partial charge in [0, 0.05) is 31.3 Å². The van der Waals surface area contributed by atoms with E-state index in [1.54, 1.807) is 12.1 Å². The minimum atomic E-state index is -0.781. The van der Waals surface area contributed by atoms with Crippen LogP contribution in [0.2, 0.25) is 0 Å². The van der Waals surface area contributed by atoms with Gasteiger partial charge in [-0.3, -0.25) is 9.59 Å². The first-order valence-corrected chi connectivity index (χ1v) is 12.5. The SMILES string of the molecule is C[C@H](N)CC1(C(=N)Cc2ccc(F)cc2)c2ccc(CNC=O)cc2CCc2cc(CNC=O)ccc21. The number of carbonyl (C=O) groups is 2. The van der Waals surface area contributed by atoms with Gasteiger partial charge in [0.2, 0.25) is 12.8 Å². The Hall–Kier alpha value is -3.84. The van der Waals surface area contributed by atoms with Crippen LogP contribution in [0.3, 0.4) is 0 Å². The van der Waals surface area contributed by atoms with Crippen molar-refractivity contribution in [3.63, 3.8) is 0 Å². The number of fused-ring (bicyclic) bond motifs is 2. The Bertz CT molecular complexity index is 1220. The fourth-order valence-corrected chi connectivity index (χ4v) is 5.60. The number of rotatable bonds is 11. The van der Waals surface area contributed by atoms with Crippen molar-refractivity contribution in [1.82, 2.24) is 10.6 Å². The number of aryl methyl sites for hydroxylation is 2. The molecule has 37 heavy (non-hydrogen) atoms. The molecule has 192 valence electrons. The van der Waals surface area contributed by atoms with Crippen molar-refractivity contribution >= 4 is 18.5 Å². The topological polar surface area (TPSA) is 108 Å². The highest BCUT2D eigenvalue weighted by molar-refractivity contribution is 5.98. The molecule has 1 atom stereocenters. The van der Waals surface area contributed by atoms with Gasteiger partial charge in [-0.25, -0.2) is 4.39 Å². The summed E-state index contributed by atoms with van der Waals surface area (Å²) in [5.74, 6) is -0.307. The van der Waals surface area contributed by atoms with Gasteiger partial charge in [-0.1, -0.05) is 48.5 Å². The van der Waals surface area contributed by atoms with E-state index in [-0.39, 0.29) is 11.9 Å². The highest BCUT2D eigenvalue weighted by Gasteiger charge is 2.43. The van der Waals surface area contributed by atoms with Crippen LogP contribution in [0.15, 0.2) is 60.7 Å². The molecule has 7 heteroatoms. The normalized spacial score (nSPS) is 14.5. The summed E-state index contributed by atoms with van der Waals surface area (Å²) in [6.45, 7) is 2.82. The number of halogens is 1. The quantitative estimate of drug-likeness (QED) is 0.238. The molecule has 6 nitrogen and oxygen atoms in total. The van der Waals surface area contributed by atoms with Crippen molar-refractivity contribution in [3.8, 4) is 0 Å². The van der Waals surface area contributed by atoms with Crippen LogP contribution in [0.25, 0.3) is 0 Å². The molecular formula is C30H33FN4O2. The van der Waals surface area contributed by atoms with Crippen LogP contribution in [-0.2, 0) is 47.4 Å². The third-order valence-electron chi connectivity index (χ3n) is 7.14. The van der Waals surface area contributed by atoms with E-state index in [0.29, 0.717) is 44.5 Å². The maximum absolute atomic E-state index is 13.6. The Morgan fingerprint density at radius 3 is 1.86 bits per heavy atom. The summed E-state index contributed by atoms with van der Waals surface area (Å²) in [6, 6.07) is 18.5. The molecule has 3 aromatic carbocycles. The molecule has 2 amide bonds. The molecule has 0 aliphatic heterocycles. The van der Waals surface area contributed by atoms with Gasteiger partial charge in [0.05, 0.1) is 5.41 Å². The summed E-state index contributed by atoms with van der Waals surface area (Å²) >= 11 is 0. The van der Waals surface area contributed by atoms with Gasteiger partial charge in [0.1, 0.15) is 5.82 Å². The zero-order chi connectivity index (χ0) is 26.4. The van der Waals surface area contributed by atoms with Gasteiger partial charge in [-0.05, 0) is 77.3 Å². The summed E-state index contributed by atoms with van der Waals surface area (Å²) in [4.78, 5) is 21.8. The van der Waals surface area contributed by atoms with Crippen molar-refractivity contribution in [2.45, 2.75) is 57.2 Å². The summed E-state index contributed by atoms with van der Waals surface area (Å²) in [6.07, 6.45) is 3.81. The Labute approximate surface area is 217 Å².